The zero-order valence-corrected chi connectivity index (χ0v) is 15.3. The van der Waals surface area contributed by atoms with Gasteiger partial charge < -0.3 is 15.0 Å². The lowest BCUT2D eigenvalue weighted by molar-refractivity contribution is 0.0784. The number of nitrogens with zero attached hydrogens (tertiary/aromatic N) is 1. The molecule has 5 heteroatoms. The first kappa shape index (κ1) is 17.0. The highest BCUT2D eigenvalue weighted by Crippen LogP contribution is 2.29. The Morgan fingerprint density at radius 1 is 1.29 bits per heavy atom. The summed E-state index contributed by atoms with van der Waals surface area (Å²) in [5.41, 5.74) is 0.614. The van der Waals surface area contributed by atoms with E-state index in [0.29, 0.717) is 23.0 Å². The van der Waals surface area contributed by atoms with E-state index in [1.807, 2.05) is 60.5 Å². The summed E-state index contributed by atoms with van der Waals surface area (Å²) in [4.78, 5) is 14.8. The Kier molecular flexibility index (Phi) is 5.53. The van der Waals surface area contributed by atoms with E-state index in [1.165, 1.54) is 0 Å². The average molecular weight is 389 g/mol. The molecule has 4 nitrogen and oxygen atoms in total. The number of para-hydroxylation sites is 1. The number of likely N-dealkylation sites (tertiary alicyclic amines) is 1. The number of halogens is 1. The number of nitrogens with one attached hydrogen (secondary N) is 1. The number of carbonyl (C=O) groups excluding carboxylic acids is 1. The van der Waals surface area contributed by atoms with Crippen LogP contribution in [0.3, 0.4) is 0 Å². The Morgan fingerprint density at radius 2 is 2.12 bits per heavy atom. The zero-order valence-electron chi connectivity index (χ0n) is 13.7. The number of carbonyl (C=O) groups is 1. The molecule has 1 aliphatic heterocycles. The molecule has 0 bridgehead atoms. The van der Waals surface area contributed by atoms with Crippen molar-refractivity contribution in [2.45, 2.75) is 6.42 Å². The number of rotatable bonds is 5. The van der Waals surface area contributed by atoms with E-state index in [9.17, 15) is 4.79 Å². The molecule has 0 radical (unpaired) electrons. The monoisotopic (exact) mass is 388 g/mol. The Morgan fingerprint density at radius 3 is 2.92 bits per heavy atom. The summed E-state index contributed by atoms with van der Waals surface area (Å²) in [5, 5.41) is 3.19. The van der Waals surface area contributed by atoms with Gasteiger partial charge in [0.25, 0.3) is 5.91 Å². The van der Waals surface area contributed by atoms with Crippen LogP contribution in [0.5, 0.6) is 11.5 Å². The number of hydrogen-bond donors (Lipinski definition) is 1. The summed E-state index contributed by atoms with van der Waals surface area (Å²) < 4.78 is 6.90. The summed E-state index contributed by atoms with van der Waals surface area (Å²) in [6.45, 7) is 2.54. The van der Waals surface area contributed by atoms with Crippen LogP contribution in [-0.4, -0.2) is 37.5 Å². The van der Waals surface area contributed by atoms with E-state index in [2.05, 4.69) is 21.2 Å². The van der Waals surface area contributed by atoms with Gasteiger partial charge in [-0.15, -0.1) is 0 Å². The van der Waals surface area contributed by atoms with Gasteiger partial charge in [-0.05, 0) is 56.3 Å². The highest BCUT2D eigenvalue weighted by molar-refractivity contribution is 9.10. The summed E-state index contributed by atoms with van der Waals surface area (Å²) in [7, 11) is 1.95. The molecular formula is C19H21BrN2O2. The molecule has 24 heavy (non-hydrogen) atoms. The molecule has 1 N–H and O–H groups in total. The van der Waals surface area contributed by atoms with Crippen LogP contribution in [-0.2, 0) is 0 Å². The van der Waals surface area contributed by atoms with E-state index in [-0.39, 0.29) is 5.91 Å². The van der Waals surface area contributed by atoms with Crippen LogP contribution < -0.4 is 10.1 Å². The molecule has 0 saturated carbocycles. The van der Waals surface area contributed by atoms with Crippen LogP contribution in [0.2, 0.25) is 0 Å². The largest absolute Gasteiger partial charge is 0.456 e. The van der Waals surface area contributed by atoms with Gasteiger partial charge in [-0.1, -0.05) is 34.1 Å². The van der Waals surface area contributed by atoms with Crippen molar-refractivity contribution in [1.29, 1.82) is 0 Å². The minimum absolute atomic E-state index is 0.0409. The van der Waals surface area contributed by atoms with Gasteiger partial charge >= 0.3 is 0 Å². The lowest BCUT2D eigenvalue weighted by atomic mass is 10.1. The first-order chi connectivity index (χ1) is 11.7. The number of ether oxygens (including phenoxy) is 1. The number of amides is 1. The van der Waals surface area contributed by atoms with E-state index in [1.54, 1.807) is 0 Å². The molecule has 2 aromatic carbocycles. The number of benzene rings is 2. The second-order valence-electron chi connectivity index (χ2n) is 6.02. The Hall–Kier alpha value is -1.85. The van der Waals surface area contributed by atoms with Crippen molar-refractivity contribution in [3.63, 3.8) is 0 Å². The molecule has 1 fully saturated rings. The molecule has 1 atom stereocenters. The van der Waals surface area contributed by atoms with Gasteiger partial charge in [-0.2, -0.15) is 0 Å². The average Bonchev–Trinajstić information content (AvgIpc) is 3.04. The summed E-state index contributed by atoms with van der Waals surface area (Å²) in [6.07, 6.45) is 1.04. The normalized spacial score (nSPS) is 17.1. The first-order valence-corrected chi connectivity index (χ1v) is 8.93. The molecule has 1 unspecified atom stereocenters. The molecule has 0 aromatic heterocycles. The third-order valence-electron chi connectivity index (χ3n) is 4.21. The Bertz CT molecular complexity index is 720. The van der Waals surface area contributed by atoms with E-state index in [0.717, 1.165) is 30.5 Å². The van der Waals surface area contributed by atoms with Crippen molar-refractivity contribution in [1.82, 2.24) is 10.2 Å². The predicted molar refractivity (Wildman–Crippen MR) is 98.6 cm³/mol. The minimum atomic E-state index is 0.0409. The highest BCUT2D eigenvalue weighted by Gasteiger charge is 2.28. The van der Waals surface area contributed by atoms with Gasteiger partial charge in [-0.25, -0.2) is 0 Å². The number of hydrogen-bond acceptors (Lipinski definition) is 3. The maximum Gasteiger partial charge on any atom is 0.257 e. The first-order valence-electron chi connectivity index (χ1n) is 8.13. The standard InChI is InChI=1S/C19H21BrN2O2/c1-21-12-14-9-10-22(13-14)19(23)17-7-2-3-8-18(17)24-16-6-4-5-15(20)11-16/h2-8,11,14,21H,9-10,12-13H2,1H3. The zero-order chi connectivity index (χ0) is 16.9. The minimum Gasteiger partial charge on any atom is -0.456 e. The Labute approximate surface area is 150 Å². The van der Waals surface area contributed by atoms with Gasteiger partial charge in [0.05, 0.1) is 5.56 Å². The third-order valence-corrected chi connectivity index (χ3v) is 4.70. The lowest BCUT2D eigenvalue weighted by Crippen LogP contribution is -2.30. The maximum absolute atomic E-state index is 12.9. The van der Waals surface area contributed by atoms with Crippen LogP contribution in [0.15, 0.2) is 53.0 Å². The summed E-state index contributed by atoms with van der Waals surface area (Å²) in [5.74, 6) is 1.87. The maximum atomic E-state index is 12.9. The Balaban J connectivity index is 1.78. The molecule has 1 saturated heterocycles. The smallest absolute Gasteiger partial charge is 0.257 e. The van der Waals surface area contributed by atoms with Crippen molar-refractivity contribution in [3.05, 3.63) is 58.6 Å². The molecular weight excluding hydrogens is 368 g/mol. The molecule has 3 rings (SSSR count). The van der Waals surface area contributed by atoms with E-state index < -0.39 is 0 Å². The fraction of sp³-hybridized carbons (Fsp3) is 0.316. The van der Waals surface area contributed by atoms with Gasteiger partial charge in [0.2, 0.25) is 0 Å². The van der Waals surface area contributed by atoms with Gasteiger partial charge in [0, 0.05) is 17.6 Å². The van der Waals surface area contributed by atoms with Crippen LogP contribution in [0.4, 0.5) is 0 Å². The molecule has 1 amide bonds. The van der Waals surface area contributed by atoms with E-state index in [4.69, 9.17) is 4.74 Å². The fourth-order valence-electron chi connectivity index (χ4n) is 3.03. The molecule has 0 spiro atoms. The predicted octanol–water partition coefficient (Wildman–Crippen LogP) is 3.92. The quantitative estimate of drug-likeness (QED) is 0.843. The van der Waals surface area contributed by atoms with Gasteiger partial charge in [0.1, 0.15) is 11.5 Å². The fourth-order valence-corrected chi connectivity index (χ4v) is 3.41. The summed E-state index contributed by atoms with van der Waals surface area (Å²) >= 11 is 3.44. The molecule has 1 heterocycles. The van der Waals surface area contributed by atoms with Crippen molar-refractivity contribution in [3.8, 4) is 11.5 Å². The molecule has 1 aliphatic rings. The van der Waals surface area contributed by atoms with Crippen molar-refractivity contribution in [2.75, 3.05) is 26.7 Å². The van der Waals surface area contributed by atoms with Gasteiger partial charge in [-0.3, -0.25) is 4.79 Å². The molecule has 0 aliphatic carbocycles. The second-order valence-corrected chi connectivity index (χ2v) is 6.93. The van der Waals surface area contributed by atoms with Crippen molar-refractivity contribution >= 4 is 21.8 Å². The van der Waals surface area contributed by atoms with Crippen LogP contribution >= 0.6 is 15.9 Å². The second kappa shape index (κ2) is 7.81. The van der Waals surface area contributed by atoms with Crippen molar-refractivity contribution in [2.24, 2.45) is 5.92 Å². The van der Waals surface area contributed by atoms with Crippen LogP contribution in [0.1, 0.15) is 16.8 Å². The van der Waals surface area contributed by atoms with E-state index >= 15 is 0 Å². The van der Waals surface area contributed by atoms with Crippen LogP contribution in [0.25, 0.3) is 0 Å². The SMILES string of the molecule is CNCC1CCN(C(=O)c2ccccc2Oc2cccc(Br)c2)C1. The van der Waals surface area contributed by atoms with Gasteiger partial charge in [0.15, 0.2) is 0 Å². The highest BCUT2D eigenvalue weighted by atomic mass is 79.9. The topological polar surface area (TPSA) is 41.6 Å². The molecule has 2 aromatic rings. The van der Waals surface area contributed by atoms with Crippen LogP contribution in [0, 0.1) is 5.92 Å². The summed E-state index contributed by atoms with van der Waals surface area (Å²) in [6, 6.07) is 15.1. The van der Waals surface area contributed by atoms with Crippen molar-refractivity contribution < 1.29 is 9.53 Å². The molecule has 126 valence electrons. The lowest BCUT2D eigenvalue weighted by Gasteiger charge is -2.19. The third kappa shape index (κ3) is 3.97.